The number of ether oxygens (including phenoxy) is 2. The molecule has 6 heteroatoms. The zero-order chi connectivity index (χ0) is 19.1. The number of rotatable bonds is 5. The van der Waals surface area contributed by atoms with Gasteiger partial charge in [0.1, 0.15) is 11.5 Å². The Morgan fingerprint density at radius 3 is 2.30 bits per heavy atom. The van der Waals surface area contributed by atoms with E-state index in [0.29, 0.717) is 25.3 Å². The van der Waals surface area contributed by atoms with Gasteiger partial charge in [-0.15, -0.1) is 0 Å². The molecule has 1 aliphatic rings. The minimum absolute atomic E-state index is 0.00882. The van der Waals surface area contributed by atoms with Crippen molar-refractivity contribution >= 4 is 12.0 Å². The van der Waals surface area contributed by atoms with E-state index in [0.717, 1.165) is 24.2 Å². The molecule has 1 aliphatic heterocycles. The van der Waals surface area contributed by atoms with Gasteiger partial charge in [-0.3, -0.25) is 4.79 Å². The molecule has 0 atom stereocenters. The maximum Gasteiger partial charge on any atom is 0.415 e. The smallest absolute Gasteiger partial charge is 0.415 e. The van der Waals surface area contributed by atoms with Crippen LogP contribution < -0.4 is 14.8 Å². The molecule has 0 radical (unpaired) electrons. The summed E-state index contributed by atoms with van der Waals surface area (Å²) < 4.78 is 10.5. The van der Waals surface area contributed by atoms with E-state index in [1.165, 1.54) is 0 Å². The van der Waals surface area contributed by atoms with E-state index < -0.39 is 0 Å². The molecule has 2 aromatic carbocycles. The third-order valence-corrected chi connectivity index (χ3v) is 4.59. The summed E-state index contributed by atoms with van der Waals surface area (Å²) in [6.45, 7) is 1.14. The normalized spacial score (nSPS) is 14.5. The summed E-state index contributed by atoms with van der Waals surface area (Å²) in [6, 6.07) is 16.6. The monoisotopic (exact) mass is 368 g/mol. The quantitative estimate of drug-likeness (QED) is 0.881. The van der Waals surface area contributed by atoms with Crippen molar-refractivity contribution in [2.24, 2.45) is 0 Å². The highest BCUT2D eigenvalue weighted by molar-refractivity contribution is 5.79. The third kappa shape index (κ3) is 5.48. The second kappa shape index (κ2) is 9.07. The average Bonchev–Trinajstić information content (AvgIpc) is 2.70. The van der Waals surface area contributed by atoms with Crippen LogP contribution in [0.25, 0.3) is 0 Å². The van der Waals surface area contributed by atoms with Crippen molar-refractivity contribution in [2.75, 3.05) is 20.2 Å². The zero-order valence-corrected chi connectivity index (χ0v) is 15.4. The van der Waals surface area contributed by atoms with Gasteiger partial charge in [-0.1, -0.05) is 30.3 Å². The molecule has 142 valence electrons. The van der Waals surface area contributed by atoms with Gasteiger partial charge in [-0.2, -0.15) is 0 Å². The molecule has 3 rings (SSSR count). The van der Waals surface area contributed by atoms with Crippen LogP contribution in [0.3, 0.4) is 0 Å². The topological polar surface area (TPSA) is 67.9 Å². The minimum Gasteiger partial charge on any atom is -0.497 e. The summed E-state index contributed by atoms with van der Waals surface area (Å²) in [5, 5.41) is 3.06. The molecule has 1 heterocycles. The summed E-state index contributed by atoms with van der Waals surface area (Å²) in [5.74, 6) is 1.30. The highest BCUT2D eigenvalue weighted by Crippen LogP contribution is 2.16. The van der Waals surface area contributed by atoms with Gasteiger partial charge in [0.25, 0.3) is 0 Å². The SMILES string of the molecule is COc1ccc(CC(=O)NC2CCN(C(=O)Oc3ccccc3)CC2)cc1. The average molecular weight is 368 g/mol. The summed E-state index contributed by atoms with van der Waals surface area (Å²) in [6.07, 6.45) is 1.43. The molecule has 1 N–H and O–H groups in total. The summed E-state index contributed by atoms with van der Waals surface area (Å²) in [5.41, 5.74) is 0.942. The Labute approximate surface area is 159 Å². The fraction of sp³-hybridized carbons (Fsp3) is 0.333. The highest BCUT2D eigenvalue weighted by atomic mass is 16.6. The lowest BCUT2D eigenvalue weighted by molar-refractivity contribution is -0.121. The van der Waals surface area contributed by atoms with E-state index in [-0.39, 0.29) is 18.0 Å². The van der Waals surface area contributed by atoms with E-state index in [4.69, 9.17) is 9.47 Å². The molecule has 0 unspecified atom stereocenters. The van der Waals surface area contributed by atoms with Gasteiger partial charge in [0.2, 0.25) is 5.91 Å². The van der Waals surface area contributed by atoms with E-state index in [2.05, 4.69) is 5.32 Å². The van der Waals surface area contributed by atoms with Crippen molar-refractivity contribution in [2.45, 2.75) is 25.3 Å². The molecule has 27 heavy (non-hydrogen) atoms. The van der Waals surface area contributed by atoms with Crippen molar-refractivity contribution in [1.29, 1.82) is 0 Å². The van der Waals surface area contributed by atoms with Gasteiger partial charge in [0.05, 0.1) is 13.5 Å². The fourth-order valence-corrected chi connectivity index (χ4v) is 3.07. The maximum atomic E-state index is 12.2. The Morgan fingerprint density at radius 1 is 1.00 bits per heavy atom. The van der Waals surface area contributed by atoms with Crippen molar-refractivity contribution in [1.82, 2.24) is 10.2 Å². The van der Waals surface area contributed by atoms with Gasteiger partial charge in [-0.05, 0) is 42.7 Å². The number of piperidine rings is 1. The molecular formula is C21H24N2O4. The second-order valence-electron chi connectivity index (χ2n) is 6.53. The number of para-hydroxylation sites is 1. The molecule has 6 nitrogen and oxygen atoms in total. The van der Waals surface area contributed by atoms with Crippen molar-refractivity contribution in [3.8, 4) is 11.5 Å². The first kappa shape index (κ1) is 18.8. The number of benzene rings is 2. The predicted molar refractivity (Wildman–Crippen MR) is 102 cm³/mol. The molecule has 1 saturated heterocycles. The Morgan fingerprint density at radius 2 is 1.67 bits per heavy atom. The standard InChI is InChI=1S/C21H24N2O4/c1-26-18-9-7-16(8-10-18)15-20(24)22-17-11-13-23(14-12-17)21(25)27-19-5-3-2-4-6-19/h2-10,17H,11-15H2,1H3,(H,22,24). The van der Waals surface area contributed by atoms with E-state index in [1.807, 2.05) is 42.5 Å². The number of hydrogen-bond donors (Lipinski definition) is 1. The number of nitrogens with one attached hydrogen (secondary N) is 1. The maximum absolute atomic E-state index is 12.2. The Hall–Kier alpha value is -3.02. The van der Waals surface area contributed by atoms with Crippen molar-refractivity contribution in [3.05, 3.63) is 60.2 Å². The van der Waals surface area contributed by atoms with Crippen LogP contribution in [0.5, 0.6) is 11.5 Å². The highest BCUT2D eigenvalue weighted by Gasteiger charge is 2.25. The molecule has 2 aromatic rings. The second-order valence-corrected chi connectivity index (χ2v) is 6.53. The third-order valence-electron chi connectivity index (χ3n) is 4.59. The molecule has 2 amide bonds. The number of amides is 2. The van der Waals surface area contributed by atoms with Gasteiger partial charge in [0, 0.05) is 19.1 Å². The Kier molecular flexibility index (Phi) is 6.30. The van der Waals surface area contributed by atoms with Crippen LogP contribution in [0.1, 0.15) is 18.4 Å². The predicted octanol–water partition coefficient (Wildman–Crippen LogP) is 3.02. The number of nitrogens with zero attached hydrogens (tertiary/aromatic N) is 1. The summed E-state index contributed by atoms with van der Waals surface area (Å²) in [4.78, 5) is 26.1. The number of carbonyl (C=O) groups is 2. The van der Waals surface area contributed by atoms with Crippen LogP contribution in [0.15, 0.2) is 54.6 Å². The van der Waals surface area contributed by atoms with Crippen LogP contribution in [0.2, 0.25) is 0 Å². The van der Waals surface area contributed by atoms with E-state index in [1.54, 1.807) is 24.1 Å². The van der Waals surface area contributed by atoms with Gasteiger partial charge in [0.15, 0.2) is 0 Å². The number of methoxy groups -OCH3 is 1. The molecule has 1 fully saturated rings. The van der Waals surface area contributed by atoms with E-state index >= 15 is 0 Å². The first-order valence-electron chi connectivity index (χ1n) is 9.08. The van der Waals surface area contributed by atoms with Crippen LogP contribution >= 0.6 is 0 Å². The van der Waals surface area contributed by atoms with Crippen molar-refractivity contribution < 1.29 is 19.1 Å². The van der Waals surface area contributed by atoms with E-state index in [9.17, 15) is 9.59 Å². The first-order valence-corrected chi connectivity index (χ1v) is 9.08. The fourth-order valence-electron chi connectivity index (χ4n) is 3.07. The molecule has 0 aliphatic carbocycles. The molecular weight excluding hydrogens is 344 g/mol. The van der Waals surface area contributed by atoms with Gasteiger partial charge in [-0.25, -0.2) is 4.79 Å². The molecule has 0 saturated carbocycles. The summed E-state index contributed by atoms with van der Waals surface area (Å²) >= 11 is 0. The van der Waals surface area contributed by atoms with Crippen LogP contribution in [0, 0.1) is 0 Å². The van der Waals surface area contributed by atoms with Crippen LogP contribution in [-0.2, 0) is 11.2 Å². The Bertz CT molecular complexity index is 754. The van der Waals surface area contributed by atoms with Crippen molar-refractivity contribution in [3.63, 3.8) is 0 Å². The lowest BCUT2D eigenvalue weighted by atomic mass is 10.0. The number of hydrogen-bond acceptors (Lipinski definition) is 4. The zero-order valence-electron chi connectivity index (χ0n) is 15.4. The number of carbonyl (C=O) groups excluding carboxylic acids is 2. The van der Waals surface area contributed by atoms with Gasteiger partial charge >= 0.3 is 6.09 Å². The summed E-state index contributed by atoms with van der Waals surface area (Å²) in [7, 11) is 1.61. The molecule has 0 aromatic heterocycles. The largest absolute Gasteiger partial charge is 0.497 e. The Balaban J connectivity index is 1.42. The van der Waals surface area contributed by atoms with Crippen LogP contribution in [-0.4, -0.2) is 43.1 Å². The first-order chi connectivity index (χ1) is 13.1. The lowest BCUT2D eigenvalue weighted by Crippen LogP contribution is -2.47. The molecule has 0 bridgehead atoms. The minimum atomic E-state index is -0.343. The van der Waals surface area contributed by atoms with Crippen LogP contribution in [0.4, 0.5) is 4.79 Å². The lowest BCUT2D eigenvalue weighted by Gasteiger charge is -2.31. The van der Waals surface area contributed by atoms with Gasteiger partial charge < -0.3 is 19.7 Å². The molecule has 0 spiro atoms. The number of likely N-dealkylation sites (tertiary alicyclic amines) is 1.